The summed E-state index contributed by atoms with van der Waals surface area (Å²) in [4.78, 5) is 24.6. The number of carbonyl (C=O) groups is 2. The van der Waals surface area contributed by atoms with E-state index >= 15 is 0 Å². The minimum absolute atomic E-state index is 0.0526. The summed E-state index contributed by atoms with van der Waals surface area (Å²) in [6, 6.07) is 16.5. The highest BCUT2D eigenvalue weighted by molar-refractivity contribution is 5.79. The third-order valence-electron chi connectivity index (χ3n) is 5.04. The zero-order chi connectivity index (χ0) is 19.9. The summed E-state index contributed by atoms with van der Waals surface area (Å²) < 4.78 is 5.49. The van der Waals surface area contributed by atoms with Crippen molar-refractivity contribution in [3.8, 4) is 11.1 Å². The maximum absolute atomic E-state index is 12.1. The van der Waals surface area contributed by atoms with Gasteiger partial charge in [-0.2, -0.15) is 0 Å². The van der Waals surface area contributed by atoms with Crippen molar-refractivity contribution in [3.05, 3.63) is 59.7 Å². The van der Waals surface area contributed by atoms with Gasteiger partial charge in [0.15, 0.2) is 0 Å². The Morgan fingerprint density at radius 3 is 2.25 bits per heavy atom. The number of fused-ring (bicyclic) bond motifs is 3. The van der Waals surface area contributed by atoms with Gasteiger partial charge in [-0.1, -0.05) is 48.5 Å². The number of carboxylic acids is 1. The average molecular weight is 382 g/mol. The van der Waals surface area contributed by atoms with E-state index in [0.29, 0.717) is 32.7 Å². The van der Waals surface area contributed by atoms with Gasteiger partial charge in [-0.15, -0.1) is 0 Å². The molecule has 2 aromatic carbocycles. The number of carbonyl (C=O) groups excluding carboxylic acids is 1. The quantitative estimate of drug-likeness (QED) is 0.696. The molecule has 28 heavy (non-hydrogen) atoms. The largest absolute Gasteiger partial charge is 0.481 e. The van der Waals surface area contributed by atoms with Gasteiger partial charge in [0.1, 0.15) is 6.61 Å². The average Bonchev–Trinajstić information content (AvgIpc) is 3.00. The Bertz CT molecular complexity index is 791. The molecule has 0 saturated carbocycles. The van der Waals surface area contributed by atoms with Crippen LogP contribution >= 0.6 is 0 Å². The molecule has 3 rings (SSSR count). The molecule has 0 radical (unpaired) electrons. The molecule has 0 saturated heterocycles. The molecule has 1 amide bonds. The van der Waals surface area contributed by atoms with Crippen LogP contribution in [0.5, 0.6) is 0 Å². The van der Waals surface area contributed by atoms with Gasteiger partial charge in [0.05, 0.1) is 0 Å². The molecule has 6 heteroatoms. The lowest BCUT2D eigenvalue weighted by atomic mass is 9.98. The molecule has 2 N–H and O–H groups in total. The van der Waals surface area contributed by atoms with Gasteiger partial charge >= 0.3 is 12.1 Å². The Hall–Kier alpha value is -2.86. The highest BCUT2D eigenvalue weighted by atomic mass is 16.5. The number of amides is 1. The smallest absolute Gasteiger partial charge is 0.407 e. The number of ether oxygens (including phenoxy) is 1. The van der Waals surface area contributed by atoms with E-state index < -0.39 is 12.1 Å². The van der Waals surface area contributed by atoms with Gasteiger partial charge in [0.25, 0.3) is 0 Å². The predicted molar refractivity (Wildman–Crippen MR) is 107 cm³/mol. The summed E-state index contributed by atoms with van der Waals surface area (Å²) in [5, 5.41) is 11.4. The molecule has 1 aliphatic carbocycles. The van der Waals surface area contributed by atoms with Crippen LogP contribution in [-0.2, 0) is 9.53 Å². The molecule has 0 bridgehead atoms. The van der Waals surface area contributed by atoms with E-state index in [1.807, 2.05) is 36.2 Å². The van der Waals surface area contributed by atoms with Crippen molar-refractivity contribution >= 4 is 12.1 Å². The number of alkyl carbamates (subject to hydrolysis) is 1. The number of rotatable bonds is 9. The molecule has 0 atom stereocenters. The Balaban J connectivity index is 1.46. The van der Waals surface area contributed by atoms with E-state index in [4.69, 9.17) is 9.84 Å². The first-order valence-electron chi connectivity index (χ1n) is 9.55. The first kappa shape index (κ1) is 19.9. The van der Waals surface area contributed by atoms with E-state index in [-0.39, 0.29) is 12.3 Å². The second-order valence-electron chi connectivity index (χ2n) is 7.05. The molecule has 6 nitrogen and oxygen atoms in total. The summed E-state index contributed by atoms with van der Waals surface area (Å²) in [6.45, 7) is 2.08. The van der Waals surface area contributed by atoms with Gasteiger partial charge in [-0.25, -0.2) is 4.79 Å². The van der Waals surface area contributed by atoms with Crippen LogP contribution in [-0.4, -0.2) is 55.4 Å². The zero-order valence-electron chi connectivity index (χ0n) is 16.1. The first-order valence-corrected chi connectivity index (χ1v) is 9.55. The van der Waals surface area contributed by atoms with Gasteiger partial charge in [-0.05, 0) is 42.3 Å². The summed E-state index contributed by atoms with van der Waals surface area (Å²) in [6.07, 6.45) is 0.321. The van der Waals surface area contributed by atoms with Crippen LogP contribution in [0.3, 0.4) is 0 Å². The number of hydrogen-bond acceptors (Lipinski definition) is 4. The van der Waals surface area contributed by atoms with Crippen molar-refractivity contribution in [2.45, 2.75) is 18.8 Å². The van der Waals surface area contributed by atoms with Gasteiger partial charge in [0, 0.05) is 25.4 Å². The maximum Gasteiger partial charge on any atom is 0.407 e. The third-order valence-corrected chi connectivity index (χ3v) is 5.04. The Morgan fingerprint density at radius 1 is 1.04 bits per heavy atom. The molecule has 1 aliphatic rings. The number of likely N-dealkylation sites (N-methyl/N-ethyl adjacent to an activating group) is 1. The minimum Gasteiger partial charge on any atom is -0.481 e. The Morgan fingerprint density at radius 2 is 1.64 bits per heavy atom. The molecule has 0 unspecified atom stereocenters. The van der Waals surface area contributed by atoms with Crippen LogP contribution in [0, 0.1) is 0 Å². The fraction of sp³-hybridized carbons (Fsp3) is 0.364. The van der Waals surface area contributed by atoms with Gasteiger partial charge < -0.3 is 20.1 Å². The van der Waals surface area contributed by atoms with Crippen molar-refractivity contribution in [2.24, 2.45) is 0 Å². The standard InChI is InChI=1S/C22H26N2O4/c1-24(13-6-11-21(25)26)14-12-23-22(27)28-15-20-18-9-4-2-7-16(18)17-8-3-5-10-19(17)20/h2-5,7-10,20H,6,11-15H2,1H3,(H,23,27)(H,25,26). The Labute approximate surface area is 165 Å². The Kier molecular flexibility index (Phi) is 6.66. The van der Waals surface area contributed by atoms with Crippen molar-refractivity contribution in [1.29, 1.82) is 0 Å². The highest BCUT2D eigenvalue weighted by Gasteiger charge is 2.28. The second kappa shape index (κ2) is 9.37. The minimum atomic E-state index is -0.787. The van der Waals surface area contributed by atoms with Crippen molar-refractivity contribution in [2.75, 3.05) is 33.3 Å². The monoisotopic (exact) mass is 382 g/mol. The van der Waals surface area contributed by atoms with Crippen molar-refractivity contribution in [3.63, 3.8) is 0 Å². The summed E-state index contributed by atoms with van der Waals surface area (Å²) in [7, 11) is 1.90. The lowest BCUT2D eigenvalue weighted by molar-refractivity contribution is -0.137. The van der Waals surface area contributed by atoms with Crippen molar-refractivity contribution in [1.82, 2.24) is 10.2 Å². The van der Waals surface area contributed by atoms with Crippen molar-refractivity contribution < 1.29 is 19.4 Å². The fourth-order valence-electron chi connectivity index (χ4n) is 3.61. The number of hydrogen-bond donors (Lipinski definition) is 2. The number of carboxylic acid groups (broad SMARTS) is 1. The molecule has 0 spiro atoms. The van der Waals surface area contributed by atoms with Gasteiger partial charge in [-0.3, -0.25) is 4.79 Å². The van der Waals surface area contributed by atoms with Gasteiger partial charge in [0.2, 0.25) is 0 Å². The molecule has 148 valence electrons. The number of nitrogens with zero attached hydrogens (tertiary/aromatic N) is 1. The zero-order valence-corrected chi connectivity index (χ0v) is 16.1. The second-order valence-corrected chi connectivity index (χ2v) is 7.05. The molecular weight excluding hydrogens is 356 g/mol. The van der Waals surface area contributed by atoms with Crippen LogP contribution < -0.4 is 5.32 Å². The predicted octanol–water partition coefficient (Wildman–Crippen LogP) is 3.32. The first-order chi connectivity index (χ1) is 13.6. The SMILES string of the molecule is CN(CCCC(=O)O)CCNC(=O)OCC1c2ccccc2-c2ccccc21. The lowest BCUT2D eigenvalue weighted by Crippen LogP contribution is -2.34. The topological polar surface area (TPSA) is 78.9 Å². The molecule has 0 heterocycles. The molecule has 0 aliphatic heterocycles. The third kappa shape index (κ3) is 4.89. The normalized spacial score (nSPS) is 12.5. The van der Waals surface area contributed by atoms with E-state index in [0.717, 1.165) is 0 Å². The van der Waals surface area contributed by atoms with E-state index in [2.05, 4.69) is 29.6 Å². The van der Waals surface area contributed by atoms with Crippen LogP contribution in [0.2, 0.25) is 0 Å². The fourth-order valence-corrected chi connectivity index (χ4v) is 3.61. The molecular formula is C22H26N2O4. The summed E-state index contributed by atoms with van der Waals surface area (Å²) >= 11 is 0. The lowest BCUT2D eigenvalue weighted by Gasteiger charge is -2.17. The van der Waals surface area contributed by atoms with Crippen LogP contribution in [0.15, 0.2) is 48.5 Å². The van der Waals surface area contributed by atoms with E-state index in [9.17, 15) is 9.59 Å². The summed E-state index contributed by atoms with van der Waals surface area (Å²) in [5.41, 5.74) is 4.79. The van der Waals surface area contributed by atoms with Crippen LogP contribution in [0.1, 0.15) is 29.9 Å². The maximum atomic E-state index is 12.1. The highest BCUT2D eigenvalue weighted by Crippen LogP contribution is 2.44. The van der Waals surface area contributed by atoms with E-state index in [1.54, 1.807) is 0 Å². The number of aliphatic carboxylic acids is 1. The van der Waals surface area contributed by atoms with E-state index in [1.165, 1.54) is 22.3 Å². The molecule has 0 aromatic heterocycles. The summed E-state index contributed by atoms with van der Waals surface area (Å²) in [5.74, 6) is -0.734. The van der Waals surface area contributed by atoms with Crippen LogP contribution in [0.4, 0.5) is 4.79 Å². The number of benzene rings is 2. The molecule has 2 aromatic rings. The number of nitrogens with one attached hydrogen (secondary N) is 1. The molecule has 0 fully saturated rings. The van der Waals surface area contributed by atoms with Crippen LogP contribution in [0.25, 0.3) is 11.1 Å².